The van der Waals surface area contributed by atoms with Gasteiger partial charge >= 0.3 is 0 Å². The van der Waals surface area contributed by atoms with E-state index in [1.54, 1.807) is 0 Å². The molecule has 1 saturated carbocycles. The van der Waals surface area contributed by atoms with Crippen molar-refractivity contribution in [3.05, 3.63) is 23.0 Å². The first-order valence-electron chi connectivity index (χ1n) is 7.49. The summed E-state index contributed by atoms with van der Waals surface area (Å²) in [5.41, 5.74) is 8.00. The van der Waals surface area contributed by atoms with E-state index < -0.39 is 0 Å². The average molecular weight is 276 g/mol. The summed E-state index contributed by atoms with van der Waals surface area (Å²) >= 11 is 0. The number of nitrogens with one attached hydrogen (secondary N) is 1. The van der Waals surface area contributed by atoms with Crippen LogP contribution in [0.3, 0.4) is 0 Å². The molecular weight excluding hydrogens is 252 g/mol. The Morgan fingerprint density at radius 2 is 2.15 bits per heavy atom. The molecule has 20 heavy (non-hydrogen) atoms. The molecule has 1 aromatic heterocycles. The molecule has 5 heteroatoms. The Labute approximate surface area is 120 Å². The molecule has 0 bridgehead atoms. The molecule has 1 aliphatic rings. The quantitative estimate of drug-likeness (QED) is 0.875. The average Bonchev–Trinajstić information content (AvgIpc) is 2.47. The number of hydrogen-bond acceptors (Lipinski definition) is 4. The molecule has 1 amide bonds. The van der Waals surface area contributed by atoms with Crippen LogP contribution in [0.5, 0.6) is 0 Å². The summed E-state index contributed by atoms with van der Waals surface area (Å²) in [6, 6.07) is 2.01. The first-order valence-corrected chi connectivity index (χ1v) is 7.49. The highest BCUT2D eigenvalue weighted by Crippen LogP contribution is 2.24. The molecular formula is C15H24N4O. The van der Waals surface area contributed by atoms with Crippen LogP contribution in [0.15, 0.2) is 6.07 Å². The standard InChI is InChI=1S/C15H24N4O/c1-3-13-12(8-10(2)18-19-13)15(20)17-14-7-5-4-6-11(14)9-16/h8,11,14H,3-7,9,16H2,1-2H3,(H,17,20). The molecule has 1 fully saturated rings. The third-order valence-corrected chi connectivity index (χ3v) is 4.10. The van der Waals surface area contributed by atoms with Crippen molar-refractivity contribution in [1.82, 2.24) is 15.5 Å². The Bertz CT molecular complexity index is 475. The van der Waals surface area contributed by atoms with Crippen molar-refractivity contribution < 1.29 is 4.79 Å². The monoisotopic (exact) mass is 276 g/mol. The van der Waals surface area contributed by atoms with Gasteiger partial charge in [-0.05, 0) is 44.7 Å². The van der Waals surface area contributed by atoms with E-state index in [1.807, 2.05) is 19.9 Å². The minimum absolute atomic E-state index is 0.0369. The predicted octanol–water partition coefficient (Wildman–Crippen LogP) is 1.59. The molecule has 2 rings (SSSR count). The highest BCUT2D eigenvalue weighted by molar-refractivity contribution is 5.95. The van der Waals surface area contributed by atoms with E-state index in [-0.39, 0.29) is 11.9 Å². The van der Waals surface area contributed by atoms with Crippen molar-refractivity contribution in [3.8, 4) is 0 Å². The van der Waals surface area contributed by atoms with Crippen molar-refractivity contribution in [3.63, 3.8) is 0 Å². The summed E-state index contributed by atoms with van der Waals surface area (Å²) in [5.74, 6) is 0.360. The minimum atomic E-state index is -0.0369. The Hall–Kier alpha value is -1.49. The molecule has 3 N–H and O–H groups in total. The summed E-state index contributed by atoms with van der Waals surface area (Å²) in [5, 5.41) is 11.3. The molecule has 1 heterocycles. The molecule has 2 atom stereocenters. The maximum Gasteiger partial charge on any atom is 0.253 e. The Morgan fingerprint density at radius 3 is 2.85 bits per heavy atom. The number of aryl methyl sites for hydroxylation is 2. The first kappa shape index (κ1) is 14.9. The number of nitrogens with two attached hydrogens (primary N) is 1. The van der Waals surface area contributed by atoms with Crippen LogP contribution in [0.1, 0.15) is 54.4 Å². The molecule has 110 valence electrons. The lowest BCUT2D eigenvalue weighted by atomic mass is 9.84. The molecule has 0 spiro atoms. The molecule has 1 aliphatic carbocycles. The fourth-order valence-corrected chi connectivity index (χ4v) is 2.90. The molecule has 5 nitrogen and oxygen atoms in total. The van der Waals surface area contributed by atoms with Crippen LogP contribution in [-0.4, -0.2) is 28.7 Å². The number of rotatable bonds is 4. The third-order valence-electron chi connectivity index (χ3n) is 4.10. The molecule has 0 radical (unpaired) electrons. The lowest BCUT2D eigenvalue weighted by Crippen LogP contribution is -2.45. The lowest BCUT2D eigenvalue weighted by molar-refractivity contribution is 0.0906. The van der Waals surface area contributed by atoms with Crippen LogP contribution in [0.4, 0.5) is 0 Å². The summed E-state index contributed by atoms with van der Waals surface area (Å²) in [4.78, 5) is 12.5. The largest absolute Gasteiger partial charge is 0.349 e. The Kier molecular flexibility index (Phi) is 5.06. The van der Waals surface area contributed by atoms with E-state index >= 15 is 0 Å². The van der Waals surface area contributed by atoms with E-state index in [1.165, 1.54) is 6.42 Å². The van der Waals surface area contributed by atoms with Crippen LogP contribution in [0.25, 0.3) is 0 Å². The summed E-state index contributed by atoms with van der Waals surface area (Å²) in [6.45, 7) is 4.48. The zero-order valence-corrected chi connectivity index (χ0v) is 12.4. The second-order valence-electron chi connectivity index (χ2n) is 5.56. The smallest absolute Gasteiger partial charge is 0.253 e. The third kappa shape index (κ3) is 3.33. The van der Waals surface area contributed by atoms with Crippen molar-refractivity contribution in [1.29, 1.82) is 0 Å². The number of nitrogens with zero attached hydrogens (tertiary/aromatic N) is 2. The molecule has 0 aromatic carbocycles. The molecule has 0 saturated heterocycles. The van der Waals surface area contributed by atoms with Gasteiger partial charge in [0.1, 0.15) is 0 Å². The SMILES string of the molecule is CCc1nnc(C)cc1C(=O)NC1CCCCC1CN. The van der Waals surface area contributed by atoms with Gasteiger partial charge in [0.25, 0.3) is 5.91 Å². The van der Waals surface area contributed by atoms with E-state index in [4.69, 9.17) is 5.73 Å². The number of carbonyl (C=O) groups excluding carboxylic acids is 1. The number of aromatic nitrogens is 2. The summed E-state index contributed by atoms with van der Waals surface area (Å²) < 4.78 is 0. The maximum absolute atomic E-state index is 12.5. The van der Waals surface area contributed by atoms with Gasteiger partial charge in [-0.3, -0.25) is 4.79 Å². The lowest BCUT2D eigenvalue weighted by Gasteiger charge is -2.31. The molecule has 2 unspecified atom stereocenters. The fraction of sp³-hybridized carbons (Fsp3) is 0.667. The molecule has 1 aromatic rings. The second kappa shape index (κ2) is 6.79. The maximum atomic E-state index is 12.5. The van der Waals surface area contributed by atoms with Crippen LogP contribution < -0.4 is 11.1 Å². The van der Waals surface area contributed by atoms with Gasteiger partial charge in [0.15, 0.2) is 0 Å². The first-order chi connectivity index (χ1) is 9.65. The van der Waals surface area contributed by atoms with E-state index in [9.17, 15) is 4.79 Å². The van der Waals surface area contributed by atoms with Crippen molar-refractivity contribution in [2.24, 2.45) is 11.7 Å². The highest BCUT2D eigenvalue weighted by atomic mass is 16.1. The van der Waals surface area contributed by atoms with E-state index in [2.05, 4.69) is 15.5 Å². The second-order valence-corrected chi connectivity index (χ2v) is 5.56. The zero-order valence-electron chi connectivity index (χ0n) is 12.4. The van der Waals surface area contributed by atoms with E-state index in [0.717, 1.165) is 30.7 Å². The predicted molar refractivity (Wildman–Crippen MR) is 78.4 cm³/mol. The number of amides is 1. The minimum Gasteiger partial charge on any atom is -0.349 e. The normalized spacial score (nSPS) is 22.6. The number of carbonyl (C=O) groups is 1. The Balaban J connectivity index is 2.13. The van der Waals surface area contributed by atoms with Crippen LogP contribution >= 0.6 is 0 Å². The van der Waals surface area contributed by atoms with E-state index in [0.29, 0.717) is 24.4 Å². The summed E-state index contributed by atoms with van der Waals surface area (Å²) in [7, 11) is 0. The van der Waals surface area contributed by atoms with Crippen LogP contribution in [0, 0.1) is 12.8 Å². The van der Waals surface area contributed by atoms with Gasteiger partial charge < -0.3 is 11.1 Å². The fourth-order valence-electron chi connectivity index (χ4n) is 2.90. The van der Waals surface area contributed by atoms with Gasteiger partial charge in [0.2, 0.25) is 0 Å². The Morgan fingerprint density at radius 1 is 1.40 bits per heavy atom. The van der Waals surface area contributed by atoms with Gasteiger partial charge in [-0.15, -0.1) is 0 Å². The highest BCUT2D eigenvalue weighted by Gasteiger charge is 2.26. The van der Waals surface area contributed by atoms with Gasteiger partial charge in [0, 0.05) is 6.04 Å². The van der Waals surface area contributed by atoms with Crippen molar-refractivity contribution >= 4 is 5.91 Å². The zero-order chi connectivity index (χ0) is 14.5. The van der Waals surface area contributed by atoms with Gasteiger partial charge in [-0.1, -0.05) is 19.8 Å². The topological polar surface area (TPSA) is 80.9 Å². The van der Waals surface area contributed by atoms with Crippen LogP contribution in [0.2, 0.25) is 0 Å². The van der Waals surface area contributed by atoms with Gasteiger partial charge in [-0.2, -0.15) is 10.2 Å². The van der Waals surface area contributed by atoms with Crippen molar-refractivity contribution in [2.45, 2.75) is 52.0 Å². The van der Waals surface area contributed by atoms with Gasteiger partial charge in [0.05, 0.1) is 17.0 Å². The van der Waals surface area contributed by atoms with Crippen LogP contribution in [-0.2, 0) is 6.42 Å². The number of hydrogen-bond donors (Lipinski definition) is 2. The van der Waals surface area contributed by atoms with Gasteiger partial charge in [-0.25, -0.2) is 0 Å². The van der Waals surface area contributed by atoms with Crippen molar-refractivity contribution in [2.75, 3.05) is 6.54 Å². The molecule has 0 aliphatic heterocycles. The summed E-state index contributed by atoms with van der Waals surface area (Å²) in [6.07, 6.45) is 5.21.